The van der Waals surface area contributed by atoms with Crippen molar-refractivity contribution in [3.05, 3.63) is 35.1 Å². The summed E-state index contributed by atoms with van der Waals surface area (Å²) in [4.78, 5) is 1.09. The quantitative estimate of drug-likeness (QED) is 0.778. The molecule has 6 heteroatoms. The van der Waals surface area contributed by atoms with Crippen LogP contribution < -0.4 is 0 Å². The van der Waals surface area contributed by atoms with Gasteiger partial charge in [0, 0.05) is 12.1 Å². The van der Waals surface area contributed by atoms with E-state index in [4.69, 9.17) is 5.26 Å². The molecule has 0 aliphatic carbocycles. The van der Waals surface area contributed by atoms with E-state index in [2.05, 4.69) is 0 Å². The van der Waals surface area contributed by atoms with Crippen molar-refractivity contribution in [1.82, 2.24) is 4.90 Å². The third kappa shape index (κ3) is 4.34. The van der Waals surface area contributed by atoms with Crippen molar-refractivity contribution < 1.29 is 17.6 Å². The molecule has 0 saturated carbocycles. The zero-order valence-corrected chi connectivity index (χ0v) is 9.76. The van der Waals surface area contributed by atoms with Gasteiger partial charge in [-0.1, -0.05) is 13.0 Å². The summed E-state index contributed by atoms with van der Waals surface area (Å²) in [6.45, 7) is 0.530. The van der Waals surface area contributed by atoms with Gasteiger partial charge in [-0.25, -0.2) is 4.39 Å². The van der Waals surface area contributed by atoms with Crippen LogP contribution in [-0.2, 0) is 6.54 Å². The van der Waals surface area contributed by atoms with Crippen molar-refractivity contribution >= 4 is 0 Å². The van der Waals surface area contributed by atoms with Gasteiger partial charge in [0.05, 0.1) is 18.2 Å². The highest BCUT2D eigenvalue weighted by atomic mass is 19.4. The van der Waals surface area contributed by atoms with E-state index in [0.717, 1.165) is 11.0 Å². The van der Waals surface area contributed by atoms with E-state index in [9.17, 15) is 17.6 Å². The third-order valence-corrected chi connectivity index (χ3v) is 2.43. The molecule has 0 saturated heterocycles. The number of hydrogen-bond donors (Lipinski definition) is 0. The van der Waals surface area contributed by atoms with Crippen LogP contribution in [0.2, 0.25) is 0 Å². The molecule has 0 heterocycles. The van der Waals surface area contributed by atoms with Gasteiger partial charge in [-0.05, 0) is 18.7 Å². The molecular formula is C12H12F4N2. The monoisotopic (exact) mass is 260 g/mol. The fraction of sp³-hybridized carbons (Fsp3) is 0.417. The second-order valence-electron chi connectivity index (χ2n) is 3.84. The van der Waals surface area contributed by atoms with Crippen molar-refractivity contribution in [2.75, 3.05) is 13.1 Å². The topological polar surface area (TPSA) is 27.0 Å². The van der Waals surface area contributed by atoms with Gasteiger partial charge in [-0.3, -0.25) is 4.90 Å². The molecule has 2 nitrogen and oxygen atoms in total. The molecule has 0 bridgehead atoms. The summed E-state index contributed by atoms with van der Waals surface area (Å²) in [6.07, 6.45) is -4.31. The van der Waals surface area contributed by atoms with E-state index in [1.54, 1.807) is 13.0 Å². The van der Waals surface area contributed by atoms with Crippen LogP contribution in [-0.4, -0.2) is 24.2 Å². The van der Waals surface area contributed by atoms with Crippen LogP contribution in [0.5, 0.6) is 0 Å². The molecule has 98 valence electrons. The van der Waals surface area contributed by atoms with Crippen LogP contribution in [0, 0.1) is 17.1 Å². The number of benzene rings is 1. The molecule has 0 atom stereocenters. The van der Waals surface area contributed by atoms with Crippen molar-refractivity contribution in [2.24, 2.45) is 0 Å². The lowest BCUT2D eigenvalue weighted by molar-refractivity contribution is -0.146. The summed E-state index contributed by atoms with van der Waals surface area (Å²) in [7, 11) is 0. The maximum atomic E-state index is 13.5. The zero-order valence-electron chi connectivity index (χ0n) is 9.76. The molecule has 0 N–H and O–H groups in total. The van der Waals surface area contributed by atoms with Gasteiger partial charge in [0.25, 0.3) is 0 Å². The molecular weight excluding hydrogens is 248 g/mol. The summed E-state index contributed by atoms with van der Waals surface area (Å²) in [5.41, 5.74) is 0.301. The predicted molar refractivity (Wildman–Crippen MR) is 58.1 cm³/mol. The smallest absolute Gasteiger partial charge is 0.291 e. The normalized spacial score (nSPS) is 11.6. The van der Waals surface area contributed by atoms with Gasteiger partial charge in [-0.2, -0.15) is 18.4 Å². The summed E-state index contributed by atoms with van der Waals surface area (Å²) >= 11 is 0. The molecule has 0 fully saturated rings. The van der Waals surface area contributed by atoms with Crippen LogP contribution in [0.25, 0.3) is 0 Å². The molecule has 1 aromatic rings. The lowest BCUT2D eigenvalue weighted by Gasteiger charge is -2.22. The average Bonchev–Trinajstić information content (AvgIpc) is 2.28. The molecule has 0 radical (unpaired) electrons. The first-order valence-corrected chi connectivity index (χ1v) is 5.33. The molecule has 0 unspecified atom stereocenters. The second-order valence-corrected chi connectivity index (χ2v) is 3.84. The Morgan fingerprint density at radius 1 is 1.33 bits per heavy atom. The van der Waals surface area contributed by atoms with Gasteiger partial charge in [0.2, 0.25) is 0 Å². The second kappa shape index (κ2) is 5.83. The number of rotatable bonds is 4. The maximum Gasteiger partial charge on any atom is 0.401 e. The average molecular weight is 260 g/mol. The first kappa shape index (κ1) is 14.5. The minimum Gasteiger partial charge on any atom is -0.291 e. The van der Waals surface area contributed by atoms with Gasteiger partial charge in [0.15, 0.2) is 0 Å². The molecule has 0 aliphatic heterocycles. The zero-order chi connectivity index (χ0) is 13.8. The SMILES string of the molecule is CCN(Cc1ccc(C#N)cc1F)CC(F)(F)F. The maximum absolute atomic E-state index is 13.5. The van der Waals surface area contributed by atoms with Gasteiger partial charge < -0.3 is 0 Å². The van der Waals surface area contributed by atoms with Crippen molar-refractivity contribution in [3.63, 3.8) is 0 Å². The highest BCUT2D eigenvalue weighted by molar-refractivity contribution is 5.32. The Balaban J connectivity index is 2.80. The van der Waals surface area contributed by atoms with E-state index >= 15 is 0 Å². The van der Waals surface area contributed by atoms with Crippen LogP contribution >= 0.6 is 0 Å². The van der Waals surface area contributed by atoms with Crippen LogP contribution in [0.4, 0.5) is 17.6 Å². The third-order valence-electron chi connectivity index (χ3n) is 2.43. The minimum absolute atomic E-state index is 0.131. The highest BCUT2D eigenvalue weighted by Crippen LogP contribution is 2.19. The Labute approximate surface area is 102 Å². The number of alkyl halides is 3. The Morgan fingerprint density at radius 2 is 2.00 bits per heavy atom. The summed E-state index contributed by atoms with van der Waals surface area (Å²) < 4.78 is 50.2. The number of halogens is 4. The number of nitriles is 1. The molecule has 18 heavy (non-hydrogen) atoms. The van der Waals surface area contributed by atoms with Gasteiger partial charge in [0.1, 0.15) is 5.82 Å². The fourth-order valence-corrected chi connectivity index (χ4v) is 1.52. The largest absolute Gasteiger partial charge is 0.401 e. The molecule has 0 aliphatic rings. The first-order valence-electron chi connectivity index (χ1n) is 5.33. The molecule has 1 rings (SSSR count). The number of hydrogen-bond acceptors (Lipinski definition) is 2. The predicted octanol–water partition coefficient (Wildman–Crippen LogP) is 3.08. The molecule has 1 aromatic carbocycles. The van der Waals surface area contributed by atoms with Crippen LogP contribution in [0.15, 0.2) is 18.2 Å². The first-order chi connectivity index (χ1) is 8.35. The van der Waals surface area contributed by atoms with Crippen LogP contribution in [0.3, 0.4) is 0 Å². The minimum atomic E-state index is -4.31. The van der Waals surface area contributed by atoms with E-state index in [0.29, 0.717) is 0 Å². The van der Waals surface area contributed by atoms with Crippen molar-refractivity contribution in [2.45, 2.75) is 19.6 Å². The Kier molecular flexibility index (Phi) is 4.68. The standard InChI is InChI=1S/C12H12F4N2/c1-2-18(8-12(14,15)16)7-10-4-3-9(6-17)5-11(10)13/h3-5H,2,7-8H2,1H3. The van der Waals surface area contributed by atoms with Gasteiger partial charge >= 0.3 is 6.18 Å². The lowest BCUT2D eigenvalue weighted by Crippen LogP contribution is -2.33. The molecule has 0 aromatic heterocycles. The van der Waals surface area contributed by atoms with E-state index < -0.39 is 18.5 Å². The molecule has 0 spiro atoms. The Morgan fingerprint density at radius 3 is 2.44 bits per heavy atom. The summed E-state index contributed by atoms with van der Waals surface area (Å²) in [5.74, 6) is -0.658. The van der Waals surface area contributed by atoms with Crippen molar-refractivity contribution in [1.29, 1.82) is 5.26 Å². The summed E-state index contributed by atoms with van der Waals surface area (Å²) in [6, 6.07) is 5.52. The number of nitrogens with zero attached hydrogens (tertiary/aromatic N) is 2. The fourth-order valence-electron chi connectivity index (χ4n) is 1.52. The van der Waals surface area contributed by atoms with E-state index in [1.807, 2.05) is 0 Å². The van der Waals surface area contributed by atoms with Crippen LogP contribution in [0.1, 0.15) is 18.1 Å². The Hall–Kier alpha value is -1.61. The Bertz CT molecular complexity index is 448. The van der Waals surface area contributed by atoms with Gasteiger partial charge in [-0.15, -0.1) is 0 Å². The highest BCUT2D eigenvalue weighted by Gasteiger charge is 2.30. The summed E-state index contributed by atoms with van der Waals surface area (Å²) in [5, 5.41) is 8.56. The lowest BCUT2D eigenvalue weighted by atomic mass is 10.1. The molecule has 0 amide bonds. The van der Waals surface area contributed by atoms with E-state index in [1.165, 1.54) is 12.1 Å². The van der Waals surface area contributed by atoms with E-state index in [-0.39, 0.29) is 24.2 Å². The van der Waals surface area contributed by atoms with Crippen molar-refractivity contribution in [3.8, 4) is 6.07 Å².